The summed E-state index contributed by atoms with van der Waals surface area (Å²) in [5.41, 5.74) is 1.64. The molecular weight excluding hydrogens is 328 g/mol. The van der Waals surface area contributed by atoms with Crippen molar-refractivity contribution in [3.8, 4) is 0 Å². The van der Waals surface area contributed by atoms with Crippen molar-refractivity contribution >= 4 is 45.0 Å². The smallest absolute Gasteiger partial charge is 0.185 e. The Balaban J connectivity index is 1.72. The van der Waals surface area contributed by atoms with E-state index in [1.807, 2.05) is 60.7 Å². The summed E-state index contributed by atoms with van der Waals surface area (Å²) >= 11 is 5.88. The number of allylic oxidation sites excluding steroid dienone is 1. The third-order valence-corrected chi connectivity index (χ3v) is 4.58. The van der Waals surface area contributed by atoms with Gasteiger partial charge in [0.1, 0.15) is 0 Å². The van der Waals surface area contributed by atoms with Crippen LogP contribution in [0.3, 0.4) is 0 Å². The van der Waals surface area contributed by atoms with Crippen molar-refractivity contribution in [3.63, 3.8) is 0 Å². The highest BCUT2D eigenvalue weighted by atomic mass is 35.5. The van der Waals surface area contributed by atoms with Crippen molar-refractivity contribution in [1.82, 2.24) is 0 Å². The van der Waals surface area contributed by atoms with Crippen LogP contribution in [-0.2, 0) is 0 Å². The van der Waals surface area contributed by atoms with Gasteiger partial charge in [0, 0.05) is 10.6 Å². The maximum atomic E-state index is 12.6. The first kappa shape index (κ1) is 15.6. The molecule has 0 aromatic heterocycles. The molecule has 0 bridgehead atoms. The molecule has 0 N–H and O–H groups in total. The number of benzene rings is 4. The number of halogens is 1. The molecule has 0 fully saturated rings. The summed E-state index contributed by atoms with van der Waals surface area (Å²) in [6, 6.07) is 25.7. The quantitative estimate of drug-likeness (QED) is 0.234. The Labute approximate surface area is 151 Å². The Morgan fingerprint density at radius 3 is 2.24 bits per heavy atom. The summed E-state index contributed by atoms with van der Waals surface area (Å²) in [5.74, 6) is -0.00946. The Morgan fingerprint density at radius 1 is 0.760 bits per heavy atom. The van der Waals surface area contributed by atoms with E-state index in [-0.39, 0.29) is 5.78 Å². The minimum atomic E-state index is -0.00946. The van der Waals surface area contributed by atoms with Gasteiger partial charge in [0.05, 0.1) is 0 Å². The van der Waals surface area contributed by atoms with Crippen LogP contribution in [-0.4, -0.2) is 5.78 Å². The highest BCUT2D eigenvalue weighted by Crippen LogP contribution is 2.26. The molecule has 0 amide bonds. The maximum absolute atomic E-state index is 12.6. The predicted molar refractivity (Wildman–Crippen MR) is 106 cm³/mol. The summed E-state index contributed by atoms with van der Waals surface area (Å²) in [5, 5.41) is 5.26. The predicted octanol–water partition coefficient (Wildman–Crippen LogP) is 6.54. The van der Waals surface area contributed by atoms with E-state index in [2.05, 4.69) is 24.3 Å². The minimum absolute atomic E-state index is 0.00946. The largest absolute Gasteiger partial charge is 0.289 e. The van der Waals surface area contributed by atoms with Gasteiger partial charge in [-0.2, -0.15) is 0 Å². The molecule has 0 atom stereocenters. The van der Waals surface area contributed by atoms with E-state index in [1.54, 1.807) is 6.08 Å². The molecule has 4 rings (SSSR count). The molecule has 0 spiro atoms. The van der Waals surface area contributed by atoms with Crippen molar-refractivity contribution in [1.29, 1.82) is 0 Å². The normalized spacial score (nSPS) is 11.4. The summed E-state index contributed by atoms with van der Waals surface area (Å²) in [4.78, 5) is 12.6. The summed E-state index contributed by atoms with van der Waals surface area (Å²) < 4.78 is 0. The first-order valence-electron chi connectivity index (χ1n) is 8.10. The lowest BCUT2D eigenvalue weighted by Crippen LogP contribution is -1.94. The van der Waals surface area contributed by atoms with Crippen LogP contribution in [0.2, 0.25) is 5.02 Å². The van der Waals surface area contributed by atoms with E-state index in [1.165, 1.54) is 5.39 Å². The molecule has 0 saturated carbocycles. The molecule has 1 nitrogen and oxygen atoms in total. The summed E-state index contributed by atoms with van der Waals surface area (Å²) in [6.45, 7) is 0. The van der Waals surface area contributed by atoms with Gasteiger partial charge in [-0.05, 0) is 51.4 Å². The van der Waals surface area contributed by atoms with Gasteiger partial charge in [-0.15, -0.1) is 0 Å². The molecule has 0 heterocycles. The van der Waals surface area contributed by atoms with E-state index in [4.69, 9.17) is 11.6 Å². The summed E-state index contributed by atoms with van der Waals surface area (Å²) in [7, 11) is 0. The number of ketones is 1. The molecule has 120 valence electrons. The van der Waals surface area contributed by atoms with Gasteiger partial charge in [-0.25, -0.2) is 0 Å². The van der Waals surface area contributed by atoms with Crippen molar-refractivity contribution in [3.05, 3.63) is 101 Å². The molecule has 0 unspecified atom stereocenters. The van der Waals surface area contributed by atoms with Crippen LogP contribution in [0.1, 0.15) is 15.9 Å². The van der Waals surface area contributed by atoms with Crippen molar-refractivity contribution in [2.75, 3.05) is 0 Å². The zero-order chi connectivity index (χ0) is 17.2. The number of rotatable bonds is 3. The number of carbonyl (C=O) groups excluding carboxylic acids is 1. The molecule has 0 aliphatic carbocycles. The second-order valence-electron chi connectivity index (χ2n) is 5.97. The highest BCUT2D eigenvalue weighted by Gasteiger charge is 2.06. The SMILES string of the molecule is O=C(/C=C/c1ccc(Cl)cc1)c1ccc2ccc3ccccc3c2c1. The fraction of sp³-hybridized carbons (Fsp3) is 0. The molecule has 0 saturated heterocycles. The maximum Gasteiger partial charge on any atom is 0.185 e. The zero-order valence-electron chi connectivity index (χ0n) is 13.4. The van der Waals surface area contributed by atoms with Crippen LogP contribution in [0.15, 0.2) is 84.9 Å². The molecular formula is C23H15ClO. The van der Waals surface area contributed by atoms with E-state index < -0.39 is 0 Å². The monoisotopic (exact) mass is 342 g/mol. The van der Waals surface area contributed by atoms with Crippen LogP contribution >= 0.6 is 11.6 Å². The van der Waals surface area contributed by atoms with Gasteiger partial charge in [0.2, 0.25) is 0 Å². The molecule has 4 aromatic carbocycles. The average molecular weight is 343 g/mol. The van der Waals surface area contributed by atoms with E-state index in [9.17, 15) is 4.79 Å². The fourth-order valence-electron chi connectivity index (χ4n) is 3.00. The third kappa shape index (κ3) is 3.19. The van der Waals surface area contributed by atoms with Crippen LogP contribution in [0.25, 0.3) is 27.6 Å². The third-order valence-electron chi connectivity index (χ3n) is 4.33. The lowest BCUT2D eigenvalue weighted by Gasteiger charge is -2.05. The number of hydrogen-bond donors (Lipinski definition) is 0. The van der Waals surface area contributed by atoms with Gasteiger partial charge >= 0.3 is 0 Å². The van der Waals surface area contributed by atoms with E-state index in [0.29, 0.717) is 10.6 Å². The topological polar surface area (TPSA) is 17.1 Å². The first-order chi connectivity index (χ1) is 12.2. The highest BCUT2D eigenvalue weighted by molar-refractivity contribution is 6.30. The number of hydrogen-bond acceptors (Lipinski definition) is 1. The first-order valence-corrected chi connectivity index (χ1v) is 8.48. The second-order valence-corrected chi connectivity index (χ2v) is 6.41. The van der Waals surface area contributed by atoms with E-state index >= 15 is 0 Å². The Morgan fingerprint density at radius 2 is 1.44 bits per heavy atom. The molecule has 2 heteroatoms. The average Bonchev–Trinajstić information content (AvgIpc) is 2.67. The molecule has 25 heavy (non-hydrogen) atoms. The van der Waals surface area contributed by atoms with Gasteiger partial charge < -0.3 is 0 Å². The van der Waals surface area contributed by atoms with Crippen molar-refractivity contribution in [2.45, 2.75) is 0 Å². The van der Waals surface area contributed by atoms with Crippen LogP contribution in [0, 0.1) is 0 Å². The zero-order valence-corrected chi connectivity index (χ0v) is 14.2. The second kappa shape index (κ2) is 6.54. The molecule has 0 aliphatic heterocycles. The fourth-order valence-corrected chi connectivity index (χ4v) is 3.12. The number of carbonyl (C=O) groups is 1. The minimum Gasteiger partial charge on any atom is -0.289 e. The van der Waals surface area contributed by atoms with E-state index in [0.717, 1.165) is 21.7 Å². The Bertz CT molecular complexity index is 1110. The lowest BCUT2D eigenvalue weighted by atomic mass is 9.98. The van der Waals surface area contributed by atoms with Crippen LogP contribution < -0.4 is 0 Å². The standard InChI is InChI=1S/C23H15ClO/c24-20-12-5-16(6-13-20)7-14-23(25)19-11-10-18-9-8-17-3-1-2-4-21(17)22(18)15-19/h1-15H/b14-7+. The number of fused-ring (bicyclic) bond motifs is 3. The lowest BCUT2D eigenvalue weighted by molar-refractivity contribution is 0.104. The Hall–Kier alpha value is -2.90. The van der Waals surface area contributed by atoms with Crippen molar-refractivity contribution < 1.29 is 4.79 Å². The van der Waals surface area contributed by atoms with Gasteiger partial charge in [-0.1, -0.05) is 78.3 Å². The van der Waals surface area contributed by atoms with Crippen LogP contribution in [0.5, 0.6) is 0 Å². The molecule has 0 radical (unpaired) electrons. The molecule has 4 aromatic rings. The molecule has 0 aliphatic rings. The summed E-state index contributed by atoms with van der Waals surface area (Å²) in [6.07, 6.45) is 3.42. The van der Waals surface area contributed by atoms with Gasteiger partial charge in [0.15, 0.2) is 5.78 Å². The van der Waals surface area contributed by atoms with Crippen molar-refractivity contribution in [2.24, 2.45) is 0 Å². The van der Waals surface area contributed by atoms with Crippen LogP contribution in [0.4, 0.5) is 0 Å². The Kier molecular flexibility index (Phi) is 4.09. The van der Waals surface area contributed by atoms with Gasteiger partial charge in [-0.3, -0.25) is 4.79 Å². The van der Waals surface area contributed by atoms with Gasteiger partial charge in [0.25, 0.3) is 0 Å².